The Morgan fingerprint density at radius 3 is 2.50 bits per heavy atom. The molecule has 2 atom stereocenters. The summed E-state index contributed by atoms with van der Waals surface area (Å²) in [5.41, 5.74) is 0.457. The second kappa shape index (κ2) is 7.22. The number of benzene rings is 1. The largest absolute Gasteiger partial charge is 0.399 e. The van der Waals surface area contributed by atoms with Gasteiger partial charge in [0.1, 0.15) is 0 Å². The first kappa shape index (κ1) is 18.9. The van der Waals surface area contributed by atoms with Crippen molar-refractivity contribution >= 4 is 33.9 Å². The van der Waals surface area contributed by atoms with Crippen LogP contribution in [0.4, 0.5) is 0 Å². The number of thioether (sulfide) groups is 1. The summed E-state index contributed by atoms with van der Waals surface area (Å²) in [6.45, 7) is 1.68. The molecule has 1 heterocycles. The molecule has 1 unspecified atom stereocenters. The highest BCUT2D eigenvalue weighted by Gasteiger charge is 2.46. The van der Waals surface area contributed by atoms with E-state index in [2.05, 4.69) is 4.18 Å². The fraction of sp³-hybridized carbons (Fsp3) is 0.467. The van der Waals surface area contributed by atoms with E-state index in [0.717, 1.165) is 11.8 Å². The van der Waals surface area contributed by atoms with Gasteiger partial charge in [-0.15, -0.1) is 11.8 Å². The molecule has 1 N–H and O–H groups in total. The molecule has 1 aliphatic heterocycles. The maximum absolute atomic E-state index is 12.8. The molecule has 132 valence electrons. The quantitative estimate of drug-likeness (QED) is 0.599. The first-order chi connectivity index (χ1) is 11.2. The van der Waals surface area contributed by atoms with Gasteiger partial charge >= 0.3 is 10.4 Å². The first-order valence-electron chi connectivity index (χ1n) is 7.31. The lowest BCUT2D eigenvalue weighted by molar-refractivity contribution is -0.131. The van der Waals surface area contributed by atoms with Crippen LogP contribution in [-0.2, 0) is 19.4 Å². The van der Waals surface area contributed by atoms with Crippen LogP contribution in [-0.4, -0.2) is 53.3 Å². The van der Waals surface area contributed by atoms with Crippen LogP contribution in [0.25, 0.3) is 0 Å². The lowest BCUT2D eigenvalue weighted by Gasteiger charge is -2.31. The van der Waals surface area contributed by atoms with E-state index in [-0.39, 0.29) is 5.91 Å². The van der Waals surface area contributed by atoms with Gasteiger partial charge in [-0.3, -0.25) is 14.1 Å². The number of likely N-dealkylation sites (tertiary alicyclic amines) is 1. The van der Waals surface area contributed by atoms with Gasteiger partial charge in [-0.05, 0) is 38.2 Å². The maximum atomic E-state index is 12.8. The minimum absolute atomic E-state index is 0.290. The molecule has 1 aromatic rings. The molecule has 0 saturated carbocycles. The smallest absolute Gasteiger partial charge is 0.328 e. The molecule has 7 nitrogen and oxygen atoms in total. The molecule has 1 amide bonds. The van der Waals surface area contributed by atoms with Gasteiger partial charge in [0.05, 0.1) is 6.04 Å². The zero-order chi connectivity index (χ0) is 18.0. The van der Waals surface area contributed by atoms with Crippen molar-refractivity contribution in [1.82, 2.24) is 4.90 Å². The Balaban J connectivity index is 2.26. The van der Waals surface area contributed by atoms with Crippen LogP contribution in [0.15, 0.2) is 30.3 Å². The minimum atomic E-state index is -4.80. The zero-order valence-electron chi connectivity index (χ0n) is 13.3. The summed E-state index contributed by atoms with van der Waals surface area (Å²) >= 11 is 0.855. The second-order valence-electron chi connectivity index (χ2n) is 5.55. The maximum Gasteiger partial charge on any atom is 0.399 e. The lowest BCUT2D eigenvalue weighted by atomic mass is 10.0. The number of amides is 1. The van der Waals surface area contributed by atoms with Crippen LogP contribution >= 0.6 is 11.8 Å². The van der Waals surface area contributed by atoms with Crippen LogP contribution in [0.3, 0.4) is 0 Å². The van der Waals surface area contributed by atoms with Crippen LogP contribution in [0, 0.1) is 0 Å². The van der Waals surface area contributed by atoms with E-state index >= 15 is 0 Å². The third-order valence-electron chi connectivity index (χ3n) is 3.94. The van der Waals surface area contributed by atoms with Crippen LogP contribution in [0.1, 0.15) is 30.1 Å². The SMILES string of the molecule is CSC(C)(OS(=O)(=O)O)C(=O)[C@@H]1CCCN1C(=O)c1ccccc1. The molecule has 0 spiro atoms. The summed E-state index contributed by atoms with van der Waals surface area (Å²) in [7, 11) is -4.80. The molecule has 9 heteroatoms. The Labute approximate surface area is 145 Å². The molecule has 24 heavy (non-hydrogen) atoms. The summed E-state index contributed by atoms with van der Waals surface area (Å²) < 4.78 is 35.6. The van der Waals surface area contributed by atoms with E-state index in [9.17, 15) is 18.0 Å². The molecular weight excluding hydrogens is 354 g/mol. The average molecular weight is 373 g/mol. The fourth-order valence-electron chi connectivity index (χ4n) is 2.71. The molecule has 1 aliphatic rings. The van der Waals surface area contributed by atoms with Crippen molar-refractivity contribution in [2.45, 2.75) is 30.7 Å². The van der Waals surface area contributed by atoms with Crippen molar-refractivity contribution in [1.29, 1.82) is 0 Å². The number of carbonyl (C=O) groups is 2. The number of hydrogen-bond acceptors (Lipinski definition) is 6. The van der Waals surface area contributed by atoms with Gasteiger partial charge in [0.15, 0.2) is 10.7 Å². The van der Waals surface area contributed by atoms with E-state index in [1.54, 1.807) is 30.3 Å². The highest BCUT2D eigenvalue weighted by molar-refractivity contribution is 8.01. The van der Waals surface area contributed by atoms with Gasteiger partial charge < -0.3 is 4.90 Å². The number of rotatable bonds is 6. The summed E-state index contributed by atoms with van der Waals surface area (Å²) in [6, 6.07) is 7.77. The van der Waals surface area contributed by atoms with Gasteiger partial charge in [-0.1, -0.05) is 18.2 Å². The first-order valence-corrected chi connectivity index (χ1v) is 9.90. The summed E-state index contributed by atoms with van der Waals surface area (Å²) in [6.07, 6.45) is 2.55. The standard InChI is InChI=1S/C15H19NO6S2/c1-15(23-2,22-24(19,20)21)13(17)12-9-6-10-16(12)14(18)11-7-4-3-5-8-11/h3-5,7-8,12H,6,9-10H2,1-2H3,(H,19,20,21)/t12-,15?/m0/s1. The van der Waals surface area contributed by atoms with E-state index in [0.29, 0.717) is 24.9 Å². The molecular formula is C15H19NO6S2. The van der Waals surface area contributed by atoms with Crippen molar-refractivity contribution < 1.29 is 26.7 Å². The van der Waals surface area contributed by atoms with E-state index in [1.807, 2.05) is 0 Å². The van der Waals surface area contributed by atoms with E-state index in [1.165, 1.54) is 18.1 Å². The van der Waals surface area contributed by atoms with Gasteiger partial charge in [0.2, 0.25) is 0 Å². The van der Waals surface area contributed by atoms with Gasteiger partial charge in [0, 0.05) is 12.1 Å². The topological polar surface area (TPSA) is 101 Å². The highest BCUT2D eigenvalue weighted by Crippen LogP contribution is 2.33. The molecule has 1 saturated heterocycles. The van der Waals surface area contributed by atoms with Crippen LogP contribution in [0.5, 0.6) is 0 Å². The van der Waals surface area contributed by atoms with Crippen molar-refractivity contribution in [3.8, 4) is 0 Å². The Bertz CT molecular complexity index is 721. The van der Waals surface area contributed by atoms with Crippen molar-refractivity contribution in [2.75, 3.05) is 12.8 Å². The number of Topliss-reactive ketones (excluding diaryl/α,β-unsaturated/α-hetero) is 1. The molecule has 0 bridgehead atoms. The van der Waals surface area contributed by atoms with Crippen molar-refractivity contribution in [2.24, 2.45) is 0 Å². The summed E-state index contributed by atoms with van der Waals surface area (Å²) in [4.78, 5) is 25.1. The molecule has 0 radical (unpaired) electrons. The monoisotopic (exact) mass is 373 g/mol. The van der Waals surface area contributed by atoms with E-state index < -0.39 is 27.2 Å². The molecule has 0 aliphatic carbocycles. The third kappa shape index (κ3) is 4.15. The molecule has 1 fully saturated rings. The fourth-order valence-corrected chi connectivity index (χ4v) is 4.06. The lowest BCUT2D eigenvalue weighted by Crippen LogP contribution is -2.50. The van der Waals surface area contributed by atoms with Gasteiger partial charge in [-0.2, -0.15) is 8.42 Å². The molecule has 2 rings (SSSR count). The van der Waals surface area contributed by atoms with Crippen molar-refractivity contribution in [3.63, 3.8) is 0 Å². The van der Waals surface area contributed by atoms with E-state index in [4.69, 9.17) is 4.55 Å². The second-order valence-corrected chi connectivity index (χ2v) is 7.76. The van der Waals surface area contributed by atoms with Crippen LogP contribution < -0.4 is 0 Å². The summed E-state index contributed by atoms with van der Waals surface area (Å²) in [5.74, 6) is -0.851. The number of nitrogens with zero attached hydrogens (tertiary/aromatic N) is 1. The van der Waals surface area contributed by atoms with Crippen LogP contribution in [0.2, 0.25) is 0 Å². The predicted molar refractivity (Wildman–Crippen MR) is 90.1 cm³/mol. The van der Waals surface area contributed by atoms with Gasteiger partial charge in [0.25, 0.3) is 5.91 Å². The number of ketones is 1. The minimum Gasteiger partial charge on any atom is -0.328 e. The number of carbonyl (C=O) groups excluding carboxylic acids is 2. The molecule has 1 aromatic carbocycles. The highest BCUT2D eigenvalue weighted by atomic mass is 32.3. The Morgan fingerprint density at radius 2 is 1.96 bits per heavy atom. The normalized spacial score (nSPS) is 20.6. The number of hydrogen-bond donors (Lipinski definition) is 1. The van der Waals surface area contributed by atoms with Gasteiger partial charge in [-0.25, -0.2) is 4.18 Å². The molecule has 0 aromatic heterocycles. The Kier molecular flexibility index (Phi) is 5.69. The Morgan fingerprint density at radius 1 is 1.33 bits per heavy atom. The zero-order valence-corrected chi connectivity index (χ0v) is 15.0. The summed E-state index contributed by atoms with van der Waals surface area (Å²) in [5, 5.41) is 0. The predicted octanol–water partition coefficient (Wildman–Crippen LogP) is 1.76. The Hall–Kier alpha value is -1.42. The average Bonchev–Trinajstić information content (AvgIpc) is 3.02. The third-order valence-corrected chi connectivity index (χ3v) is 5.65. The van der Waals surface area contributed by atoms with Crippen molar-refractivity contribution in [3.05, 3.63) is 35.9 Å².